The Morgan fingerprint density at radius 1 is 0.917 bits per heavy atom. The molecule has 5 nitrogen and oxygen atoms in total. The average molecular weight is 327 g/mol. The van der Waals surface area contributed by atoms with Crippen molar-refractivity contribution in [2.45, 2.75) is 18.9 Å². The molecule has 1 aliphatic rings. The molecule has 0 aromatic heterocycles. The first-order chi connectivity index (χ1) is 11.7. The van der Waals surface area contributed by atoms with Crippen LogP contribution in [-0.4, -0.2) is 33.3 Å². The summed E-state index contributed by atoms with van der Waals surface area (Å²) in [4.78, 5) is 12.7. The van der Waals surface area contributed by atoms with E-state index in [1.165, 1.54) is 25.3 Å². The molecule has 24 heavy (non-hydrogen) atoms. The predicted octanol–water partition coefficient (Wildman–Crippen LogP) is 2.61. The van der Waals surface area contributed by atoms with E-state index in [2.05, 4.69) is 17.4 Å². The van der Waals surface area contributed by atoms with Crippen LogP contribution in [0.4, 0.5) is 0 Å². The van der Waals surface area contributed by atoms with Gasteiger partial charge in [-0.2, -0.15) is 0 Å². The largest absolute Gasteiger partial charge is 0.493 e. The minimum Gasteiger partial charge on any atom is -0.493 e. The fraction of sp³-hybridized carbons (Fsp3) is 0.316. The van der Waals surface area contributed by atoms with Crippen LogP contribution in [0.3, 0.4) is 0 Å². The highest BCUT2D eigenvalue weighted by molar-refractivity contribution is 5.98. The number of carbonyl (C=O) groups is 1. The van der Waals surface area contributed by atoms with Gasteiger partial charge in [0.25, 0.3) is 5.91 Å². The maximum atomic E-state index is 12.7. The van der Waals surface area contributed by atoms with Crippen molar-refractivity contribution in [3.63, 3.8) is 0 Å². The molecule has 0 aliphatic heterocycles. The van der Waals surface area contributed by atoms with Gasteiger partial charge in [0.15, 0.2) is 11.5 Å². The number of methoxy groups -OCH3 is 3. The van der Waals surface area contributed by atoms with Crippen molar-refractivity contribution >= 4 is 5.91 Å². The molecule has 0 heterocycles. The molecule has 0 saturated heterocycles. The van der Waals surface area contributed by atoms with Crippen LogP contribution in [0.15, 0.2) is 36.4 Å². The van der Waals surface area contributed by atoms with E-state index in [9.17, 15) is 4.79 Å². The first kappa shape index (κ1) is 16.2. The Morgan fingerprint density at radius 3 is 2.08 bits per heavy atom. The van der Waals surface area contributed by atoms with Gasteiger partial charge >= 0.3 is 0 Å². The van der Waals surface area contributed by atoms with E-state index < -0.39 is 0 Å². The summed E-state index contributed by atoms with van der Waals surface area (Å²) in [5, 5.41) is 3.09. The molecule has 1 aliphatic carbocycles. The van der Waals surface area contributed by atoms with Gasteiger partial charge in [0.2, 0.25) is 5.75 Å². The Balaban J connectivity index is 1.81. The molecule has 0 spiro atoms. The molecular formula is C19H21NO4. The molecule has 5 heteroatoms. The number of benzene rings is 2. The molecule has 0 unspecified atom stereocenters. The molecule has 0 bridgehead atoms. The highest BCUT2D eigenvalue weighted by Crippen LogP contribution is 2.39. The third-order valence-corrected chi connectivity index (χ3v) is 4.34. The minimum atomic E-state index is -0.175. The van der Waals surface area contributed by atoms with Crippen LogP contribution < -0.4 is 19.5 Å². The van der Waals surface area contributed by atoms with Crippen LogP contribution >= 0.6 is 0 Å². The second kappa shape index (κ2) is 6.83. The van der Waals surface area contributed by atoms with Gasteiger partial charge < -0.3 is 19.5 Å². The van der Waals surface area contributed by atoms with Crippen LogP contribution in [0.2, 0.25) is 0 Å². The van der Waals surface area contributed by atoms with E-state index in [0.29, 0.717) is 22.8 Å². The van der Waals surface area contributed by atoms with E-state index in [1.54, 1.807) is 19.2 Å². The molecule has 0 fully saturated rings. The Bertz CT molecular complexity index is 732. The van der Waals surface area contributed by atoms with Crippen LogP contribution in [0.25, 0.3) is 0 Å². The van der Waals surface area contributed by atoms with Gasteiger partial charge in [-0.1, -0.05) is 24.3 Å². The number of amides is 1. The van der Waals surface area contributed by atoms with E-state index in [4.69, 9.17) is 14.2 Å². The normalized spacial score (nSPS) is 13.3. The fourth-order valence-corrected chi connectivity index (χ4v) is 3.20. The quantitative estimate of drug-likeness (QED) is 0.917. The zero-order valence-electron chi connectivity index (χ0n) is 14.1. The smallest absolute Gasteiger partial charge is 0.255 e. The van der Waals surface area contributed by atoms with Crippen molar-refractivity contribution in [1.82, 2.24) is 5.32 Å². The molecular weight excluding hydrogens is 306 g/mol. The van der Waals surface area contributed by atoms with Crippen molar-refractivity contribution in [1.29, 1.82) is 0 Å². The summed E-state index contributed by atoms with van der Waals surface area (Å²) < 4.78 is 16.0. The Kier molecular flexibility index (Phi) is 4.60. The number of fused-ring (bicyclic) bond motifs is 1. The number of hydrogen-bond donors (Lipinski definition) is 1. The van der Waals surface area contributed by atoms with Gasteiger partial charge in [0.1, 0.15) is 0 Å². The molecule has 2 aromatic carbocycles. The van der Waals surface area contributed by atoms with Crippen LogP contribution in [-0.2, 0) is 12.8 Å². The van der Waals surface area contributed by atoms with Crippen molar-refractivity contribution in [3.05, 3.63) is 53.1 Å². The molecule has 2 aromatic rings. The lowest BCUT2D eigenvalue weighted by Crippen LogP contribution is -2.35. The third kappa shape index (κ3) is 2.89. The van der Waals surface area contributed by atoms with Crippen LogP contribution in [0.5, 0.6) is 17.2 Å². The molecule has 0 saturated carbocycles. The van der Waals surface area contributed by atoms with Gasteiger partial charge in [-0.3, -0.25) is 4.79 Å². The Labute approximate surface area is 141 Å². The lowest BCUT2D eigenvalue weighted by atomic mass is 10.1. The van der Waals surface area contributed by atoms with Crippen molar-refractivity contribution in [3.8, 4) is 17.2 Å². The second-order valence-corrected chi connectivity index (χ2v) is 5.73. The van der Waals surface area contributed by atoms with Crippen LogP contribution in [0, 0.1) is 0 Å². The summed E-state index contributed by atoms with van der Waals surface area (Å²) in [6.45, 7) is 0. The number of carbonyl (C=O) groups excluding carboxylic acids is 1. The molecule has 126 valence electrons. The summed E-state index contributed by atoms with van der Waals surface area (Å²) in [5.74, 6) is 1.15. The minimum absolute atomic E-state index is 0.0905. The first-order valence-corrected chi connectivity index (χ1v) is 7.84. The van der Waals surface area contributed by atoms with E-state index >= 15 is 0 Å². The lowest BCUT2D eigenvalue weighted by molar-refractivity contribution is 0.0934. The third-order valence-electron chi connectivity index (χ3n) is 4.34. The van der Waals surface area contributed by atoms with Gasteiger partial charge in [0, 0.05) is 6.04 Å². The summed E-state index contributed by atoms with van der Waals surface area (Å²) >= 11 is 0. The van der Waals surface area contributed by atoms with Gasteiger partial charge in [-0.15, -0.1) is 0 Å². The maximum Gasteiger partial charge on any atom is 0.255 e. The summed E-state index contributed by atoms with van der Waals surface area (Å²) in [5.41, 5.74) is 3.02. The molecule has 0 atom stereocenters. The molecule has 1 N–H and O–H groups in total. The second-order valence-electron chi connectivity index (χ2n) is 5.73. The van der Waals surface area contributed by atoms with Gasteiger partial charge in [-0.05, 0) is 36.1 Å². The molecule has 0 radical (unpaired) electrons. The highest BCUT2D eigenvalue weighted by Gasteiger charge is 2.26. The average Bonchev–Trinajstić information content (AvgIpc) is 3.02. The zero-order valence-corrected chi connectivity index (χ0v) is 14.1. The van der Waals surface area contributed by atoms with E-state index in [0.717, 1.165) is 12.8 Å². The maximum absolute atomic E-state index is 12.7. The number of rotatable bonds is 5. The standard InChI is InChI=1S/C19H21NO4/c1-22-16-9-8-15(17(23-2)18(16)24-3)19(21)20-14-10-12-6-4-5-7-13(12)11-14/h4-9,14H,10-11H2,1-3H3,(H,20,21). The SMILES string of the molecule is COc1ccc(C(=O)NC2Cc3ccccc3C2)c(OC)c1OC. The Hall–Kier alpha value is -2.69. The van der Waals surface area contributed by atoms with Crippen LogP contribution in [0.1, 0.15) is 21.5 Å². The first-order valence-electron chi connectivity index (χ1n) is 7.84. The van der Waals surface area contributed by atoms with Gasteiger partial charge in [-0.25, -0.2) is 0 Å². The lowest BCUT2D eigenvalue weighted by Gasteiger charge is -2.17. The monoisotopic (exact) mass is 327 g/mol. The summed E-state index contributed by atoms with van der Waals surface area (Å²) in [6.07, 6.45) is 1.69. The molecule has 3 rings (SSSR count). The van der Waals surface area contributed by atoms with E-state index in [-0.39, 0.29) is 11.9 Å². The Morgan fingerprint density at radius 2 is 1.54 bits per heavy atom. The number of hydrogen-bond acceptors (Lipinski definition) is 4. The molecule has 1 amide bonds. The van der Waals surface area contributed by atoms with Crippen molar-refractivity contribution in [2.75, 3.05) is 21.3 Å². The topological polar surface area (TPSA) is 56.8 Å². The van der Waals surface area contributed by atoms with E-state index in [1.807, 2.05) is 12.1 Å². The summed E-state index contributed by atoms with van der Waals surface area (Å²) in [7, 11) is 4.59. The highest BCUT2D eigenvalue weighted by atomic mass is 16.5. The zero-order chi connectivity index (χ0) is 17.1. The number of nitrogens with one attached hydrogen (secondary N) is 1. The van der Waals surface area contributed by atoms with Crippen molar-refractivity contribution < 1.29 is 19.0 Å². The summed E-state index contributed by atoms with van der Waals surface area (Å²) in [6, 6.07) is 11.8. The van der Waals surface area contributed by atoms with Gasteiger partial charge in [0.05, 0.1) is 26.9 Å². The van der Waals surface area contributed by atoms with Crippen molar-refractivity contribution in [2.24, 2.45) is 0 Å². The predicted molar refractivity (Wildman–Crippen MR) is 91.2 cm³/mol. The fourth-order valence-electron chi connectivity index (χ4n) is 3.20. The number of ether oxygens (including phenoxy) is 3.